The number of hydrogen-bond acceptors (Lipinski definition) is 6. The van der Waals surface area contributed by atoms with Crippen LogP contribution in [0.4, 0.5) is 11.4 Å². The highest BCUT2D eigenvalue weighted by Crippen LogP contribution is 2.40. The van der Waals surface area contributed by atoms with Gasteiger partial charge in [-0.3, -0.25) is 9.80 Å². The van der Waals surface area contributed by atoms with E-state index in [1.165, 1.54) is 22.5 Å². The number of nitrogens with zero attached hydrogens (tertiary/aromatic N) is 4. The van der Waals surface area contributed by atoms with Crippen LogP contribution in [0.3, 0.4) is 0 Å². The van der Waals surface area contributed by atoms with Crippen LogP contribution in [-0.4, -0.2) is 65.3 Å². The Morgan fingerprint density at radius 3 is 1.72 bits per heavy atom. The summed E-state index contributed by atoms with van der Waals surface area (Å²) in [5.41, 5.74) is 6.30. The third-order valence-corrected chi connectivity index (χ3v) is 6.99. The standard InChI is InChI=1S/C30H40N4O2/c1-31(2)27-14-9-7-12-23(27)21-33-18-11-19-34(22-24-13-8-10-15-28(24)32(3)4)30(33)26-20-25(35-5)16-17-29(26)36-6/h7-10,12-17,20,30H,11,18-19,21-22H2,1-6H3. The Morgan fingerprint density at radius 1 is 0.722 bits per heavy atom. The smallest absolute Gasteiger partial charge is 0.125 e. The molecule has 0 radical (unpaired) electrons. The number of para-hydroxylation sites is 2. The molecule has 1 fully saturated rings. The molecule has 0 aromatic heterocycles. The predicted molar refractivity (Wildman–Crippen MR) is 149 cm³/mol. The molecular formula is C30H40N4O2. The van der Waals surface area contributed by atoms with Crippen LogP contribution >= 0.6 is 0 Å². The number of benzene rings is 3. The first-order valence-corrected chi connectivity index (χ1v) is 12.6. The van der Waals surface area contributed by atoms with Gasteiger partial charge in [-0.05, 0) is 47.9 Å². The Hall–Kier alpha value is -3.22. The lowest BCUT2D eigenvalue weighted by Gasteiger charge is -2.45. The molecule has 0 amide bonds. The Morgan fingerprint density at radius 2 is 1.25 bits per heavy atom. The van der Waals surface area contributed by atoms with Gasteiger partial charge in [0.2, 0.25) is 0 Å². The molecule has 3 aromatic rings. The van der Waals surface area contributed by atoms with Crippen molar-refractivity contribution in [3.8, 4) is 11.5 Å². The Kier molecular flexibility index (Phi) is 8.39. The number of rotatable bonds is 9. The summed E-state index contributed by atoms with van der Waals surface area (Å²) in [5, 5.41) is 0. The van der Waals surface area contributed by atoms with Gasteiger partial charge >= 0.3 is 0 Å². The van der Waals surface area contributed by atoms with Crippen LogP contribution in [0, 0.1) is 0 Å². The zero-order chi connectivity index (χ0) is 25.7. The molecule has 1 heterocycles. The fraction of sp³-hybridized carbons (Fsp3) is 0.400. The third kappa shape index (κ3) is 5.61. The molecule has 0 atom stereocenters. The van der Waals surface area contributed by atoms with E-state index in [1.54, 1.807) is 14.2 Å². The van der Waals surface area contributed by atoms with Gasteiger partial charge in [-0.25, -0.2) is 0 Å². The number of anilines is 2. The van der Waals surface area contributed by atoms with Gasteiger partial charge in [-0.15, -0.1) is 0 Å². The van der Waals surface area contributed by atoms with Crippen LogP contribution in [0.25, 0.3) is 0 Å². The molecular weight excluding hydrogens is 448 g/mol. The quantitative estimate of drug-likeness (QED) is 0.409. The lowest BCUT2D eigenvalue weighted by molar-refractivity contribution is -0.0103. The van der Waals surface area contributed by atoms with E-state index in [-0.39, 0.29) is 6.17 Å². The van der Waals surface area contributed by atoms with Crippen molar-refractivity contribution in [1.82, 2.24) is 9.80 Å². The maximum Gasteiger partial charge on any atom is 0.125 e. The van der Waals surface area contributed by atoms with Crippen molar-refractivity contribution < 1.29 is 9.47 Å². The highest BCUT2D eigenvalue weighted by molar-refractivity contribution is 5.53. The average molecular weight is 489 g/mol. The predicted octanol–water partition coefficient (Wildman–Crippen LogP) is 5.24. The van der Waals surface area contributed by atoms with Gasteiger partial charge in [0.05, 0.1) is 20.4 Å². The van der Waals surface area contributed by atoms with Crippen molar-refractivity contribution in [1.29, 1.82) is 0 Å². The Bertz CT molecular complexity index is 1090. The minimum absolute atomic E-state index is 0.0502. The van der Waals surface area contributed by atoms with E-state index in [1.807, 2.05) is 12.1 Å². The molecule has 36 heavy (non-hydrogen) atoms. The molecule has 1 saturated heterocycles. The normalized spacial score (nSPS) is 15.1. The van der Waals surface area contributed by atoms with Gasteiger partial charge in [0.25, 0.3) is 0 Å². The van der Waals surface area contributed by atoms with E-state index in [0.717, 1.165) is 49.7 Å². The van der Waals surface area contributed by atoms with E-state index in [9.17, 15) is 0 Å². The highest BCUT2D eigenvalue weighted by Gasteiger charge is 2.34. The molecule has 0 spiro atoms. The molecule has 192 valence electrons. The molecule has 4 rings (SSSR count). The van der Waals surface area contributed by atoms with Crippen molar-refractivity contribution in [2.75, 3.05) is 65.3 Å². The first kappa shape index (κ1) is 25.9. The zero-order valence-electron chi connectivity index (χ0n) is 22.6. The Balaban J connectivity index is 1.78. The molecule has 6 heteroatoms. The van der Waals surface area contributed by atoms with Gasteiger partial charge < -0.3 is 19.3 Å². The van der Waals surface area contributed by atoms with Crippen molar-refractivity contribution in [2.24, 2.45) is 0 Å². The second-order valence-electron chi connectivity index (χ2n) is 9.82. The summed E-state index contributed by atoms with van der Waals surface area (Å²) in [5.74, 6) is 1.73. The van der Waals surface area contributed by atoms with Crippen LogP contribution in [0.2, 0.25) is 0 Å². The topological polar surface area (TPSA) is 31.4 Å². The molecule has 0 unspecified atom stereocenters. The SMILES string of the molecule is COc1ccc(OC)c(C2N(Cc3ccccc3N(C)C)CCCN2Cc2ccccc2N(C)C)c1. The molecule has 1 aliphatic rings. The molecule has 0 bridgehead atoms. The Labute approximate surface area is 216 Å². The van der Waals surface area contributed by atoms with E-state index in [0.29, 0.717) is 0 Å². The molecule has 0 saturated carbocycles. The van der Waals surface area contributed by atoms with Crippen LogP contribution in [0.1, 0.15) is 29.3 Å². The van der Waals surface area contributed by atoms with Crippen LogP contribution in [0.15, 0.2) is 66.7 Å². The van der Waals surface area contributed by atoms with Gasteiger partial charge in [-0.1, -0.05) is 36.4 Å². The summed E-state index contributed by atoms with van der Waals surface area (Å²) in [7, 11) is 11.9. The minimum Gasteiger partial charge on any atom is -0.497 e. The highest BCUT2D eigenvalue weighted by atomic mass is 16.5. The van der Waals surface area contributed by atoms with Gasteiger partial charge in [-0.2, -0.15) is 0 Å². The summed E-state index contributed by atoms with van der Waals surface area (Å²) in [6.07, 6.45) is 1.16. The zero-order valence-corrected chi connectivity index (χ0v) is 22.6. The van der Waals surface area contributed by atoms with Crippen molar-refractivity contribution in [3.63, 3.8) is 0 Å². The summed E-state index contributed by atoms with van der Waals surface area (Å²) < 4.78 is 11.5. The number of ether oxygens (including phenoxy) is 2. The first-order valence-electron chi connectivity index (χ1n) is 12.6. The van der Waals surface area contributed by atoms with Crippen molar-refractivity contribution >= 4 is 11.4 Å². The van der Waals surface area contributed by atoms with Gasteiger partial charge in [0, 0.05) is 71.3 Å². The monoisotopic (exact) mass is 488 g/mol. The van der Waals surface area contributed by atoms with E-state index >= 15 is 0 Å². The summed E-state index contributed by atoms with van der Waals surface area (Å²) in [6.45, 7) is 3.73. The summed E-state index contributed by atoms with van der Waals surface area (Å²) in [6, 6.07) is 23.5. The molecule has 0 aliphatic carbocycles. The molecule has 6 nitrogen and oxygen atoms in total. The lowest BCUT2D eigenvalue weighted by Crippen LogP contribution is -2.47. The maximum atomic E-state index is 5.89. The van der Waals surface area contributed by atoms with Gasteiger partial charge in [0.15, 0.2) is 0 Å². The molecule has 1 aliphatic heterocycles. The van der Waals surface area contributed by atoms with Gasteiger partial charge in [0.1, 0.15) is 11.5 Å². The van der Waals surface area contributed by atoms with Crippen molar-refractivity contribution in [3.05, 3.63) is 83.4 Å². The maximum absolute atomic E-state index is 5.89. The third-order valence-electron chi connectivity index (χ3n) is 6.99. The van der Waals surface area contributed by atoms with Crippen LogP contribution < -0.4 is 19.3 Å². The van der Waals surface area contributed by atoms with E-state index in [2.05, 4.69) is 102 Å². The van der Waals surface area contributed by atoms with E-state index < -0.39 is 0 Å². The lowest BCUT2D eigenvalue weighted by atomic mass is 10.0. The van der Waals surface area contributed by atoms with E-state index in [4.69, 9.17) is 9.47 Å². The second kappa shape index (κ2) is 11.7. The summed E-state index contributed by atoms with van der Waals surface area (Å²) >= 11 is 0. The molecule has 0 N–H and O–H groups in total. The largest absolute Gasteiger partial charge is 0.497 e. The minimum atomic E-state index is 0.0502. The number of hydrogen-bond donors (Lipinski definition) is 0. The molecule has 3 aromatic carbocycles. The number of methoxy groups -OCH3 is 2. The fourth-order valence-electron chi connectivity index (χ4n) is 5.32. The second-order valence-corrected chi connectivity index (χ2v) is 9.82. The fourth-order valence-corrected chi connectivity index (χ4v) is 5.32. The van der Waals surface area contributed by atoms with Crippen LogP contribution in [0.5, 0.6) is 11.5 Å². The van der Waals surface area contributed by atoms with Crippen LogP contribution in [-0.2, 0) is 13.1 Å². The first-order chi connectivity index (χ1) is 17.4. The summed E-state index contributed by atoms with van der Waals surface area (Å²) in [4.78, 5) is 9.57. The van der Waals surface area contributed by atoms with Crippen molar-refractivity contribution in [2.45, 2.75) is 25.7 Å². The average Bonchev–Trinajstić information content (AvgIpc) is 2.89.